The Morgan fingerprint density at radius 1 is 1.32 bits per heavy atom. The fraction of sp³-hybridized carbons (Fsp3) is 0.400. The number of carbonyl (C=O) groups excluding carboxylic acids is 1. The van der Waals surface area contributed by atoms with Crippen molar-refractivity contribution in [2.45, 2.75) is 45.2 Å². The fourth-order valence-corrected chi connectivity index (χ4v) is 3.55. The van der Waals surface area contributed by atoms with Crippen LogP contribution >= 0.6 is 11.6 Å². The summed E-state index contributed by atoms with van der Waals surface area (Å²) in [5.74, 6) is 0.797. The molecule has 25 heavy (non-hydrogen) atoms. The highest BCUT2D eigenvalue weighted by Gasteiger charge is 2.26. The van der Waals surface area contributed by atoms with E-state index in [0.29, 0.717) is 24.0 Å². The van der Waals surface area contributed by atoms with E-state index in [1.54, 1.807) is 12.3 Å². The third-order valence-electron chi connectivity index (χ3n) is 4.78. The second-order valence-corrected chi connectivity index (χ2v) is 6.84. The third kappa shape index (κ3) is 4.31. The SMILES string of the molecule is CCC1CCCCN1C(=O)c1ccnc(NCc2ccccc2Cl)c1. The van der Waals surface area contributed by atoms with Crippen LogP contribution in [0, 0.1) is 0 Å². The van der Waals surface area contributed by atoms with Gasteiger partial charge in [0.05, 0.1) is 0 Å². The van der Waals surface area contributed by atoms with Crippen molar-refractivity contribution in [3.8, 4) is 0 Å². The molecule has 1 amide bonds. The van der Waals surface area contributed by atoms with E-state index in [1.807, 2.05) is 35.2 Å². The maximum absolute atomic E-state index is 12.9. The molecule has 0 aliphatic carbocycles. The second-order valence-electron chi connectivity index (χ2n) is 6.43. The molecule has 132 valence electrons. The monoisotopic (exact) mass is 357 g/mol. The normalized spacial score (nSPS) is 17.4. The van der Waals surface area contributed by atoms with Gasteiger partial charge in [-0.15, -0.1) is 0 Å². The first-order valence-corrected chi connectivity index (χ1v) is 9.31. The van der Waals surface area contributed by atoms with E-state index >= 15 is 0 Å². The van der Waals surface area contributed by atoms with Crippen LogP contribution in [0.1, 0.15) is 48.5 Å². The molecule has 0 spiro atoms. The molecule has 1 fully saturated rings. The second kappa shape index (κ2) is 8.34. The number of amides is 1. The summed E-state index contributed by atoms with van der Waals surface area (Å²) in [4.78, 5) is 19.2. The van der Waals surface area contributed by atoms with Crippen LogP contribution in [0.5, 0.6) is 0 Å². The van der Waals surface area contributed by atoms with E-state index in [9.17, 15) is 4.79 Å². The van der Waals surface area contributed by atoms with E-state index in [2.05, 4.69) is 17.2 Å². The van der Waals surface area contributed by atoms with Gasteiger partial charge >= 0.3 is 0 Å². The van der Waals surface area contributed by atoms with Gasteiger partial charge in [0.2, 0.25) is 0 Å². The Labute approximate surface area is 154 Å². The van der Waals surface area contributed by atoms with E-state index in [1.165, 1.54) is 6.42 Å². The lowest BCUT2D eigenvalue weighted by atomic mass is 9.99. The summed E-state index contributed by atoms with van der Waals surface area (Å²) in [6, 6.07) is 11.7. The van der Waals surface area contributed by atoms with Crippen LogP contribution in [0.15, 0.2) is 42.6 Å². The van der Waals surface area contributed by atoms with Crippen LogP contribution < -0.4 is 5.32 Å². The van der Waals surface area contributed by atoms with Gasteiger partial charge in [-0.2, -0.15) is 0 Å². The summed E-state index contributed by atoms with van der Waals surface area (Å²) >= 11 is 6.18. The summed E-state index contributed by atoms with van der Waals surface area (Å²) in [6.45, 7) is 3.58. The number of pyridine rings is 1. The van der Waals surface area contributed by atoms with E-state index < -0.39 is 0 Å². The smallest absolute Gasteiger partial charge is 0.254 e. The first-order chi connectivity index (χ1) is 12.2. The molecule has 5 heteroatoms. The van der Waals surface area contributed by atoms with Crippen molar-refractivity contribution in [1.29, 1.82) is 0 Å². The lowest BCUT2D eigenvalue weighted by Gasteiger charge is -2.35. The Balaban J connectivity index is 1.70. The zero-order valence-electron chi connectivity index (χ0n) is 14.5. The number of nitrogens with one attached hydrogen (secondary N) is 1. The van der Waals surface area contributed by atoms with Crippen molar-refractivity contribution in [2.24, 2.45) is 0 Å². The average molecular weight is 358 g/mol. The highest BCUT2D eigenvalue weighted by molar-refractivity contribution is 6.31. The van der Waals surface area contributed by atoms with Crippen molar-refractivity contribution in [3.63, 3.8) is 0 Å². The van der Waals surface area contributed by atoms with Crippen LogP contribution in [-0.4, -0.2) is 28.4 Å². The molecule has 1 aromatic heterocycles. The molecular weight excluding hydrogens is 334 g/mol. The summed E-state index contributed by atoms with van der Waals surface area (Å²) in [5, 5.41) is 3.98. The number of carbonyl (C=O) groups is 1. The van der Waals surface area contributed by atoms with Crippen molar-refractivity contribution >= 4 is 23.3 Å². The molecule has 1 unspecified atom stereocenters. The quantitative estimate of drug-likeness (QED) is 0.839. The Morgan fingerprint density at radius 3 is 2.96 bits per heavy atom. The number of halogens is 1. The molecule has 0 radical (unpaired) electrons. The number of nitrogens with zero attached hydrogens (tertiary/aromatic N) is 2. The standard InChI is InChI=1S/C20H24ClN3O/c1-2-17-8-5-6-12-24(17)20(25)15-10-11-22-19(13-15)23-14-16-7-3-4-9-18(16)21/h3-4,7,9-11,13,17H,2,5-6,8,12,14H2,1H3,(H,22,23). The van der Waals surface area contributed by atoms with Gasteiger partial charge in [0.25, 0.3) is 5.91 Å². The Morgan fingerprint density at radius 2 is 2.16 bits per heavy atom. The number of anilines is 1. The van der Waals surface area contributed by atoms with Crippen LogP contribution in [0.2, 0.25) is 5.02 Å². The van der Waals surface area contributed by atoms with Crippen LogP contribution in [0.25, 0.3) is 0 Å². The number of rotatable bonds is 5. The molecule has 1 atom stereocenters. The van der Waals surface area contributed by atoms with Gasteiger partial charge in [0.15, 0.2) is 0 Å². The molecule has 1 saturated heterocycles. The number of aromatic nitrogens is 1. The summed E-state index contributed by atoms with van der Waals surface area (Å²) < 4.78 is 0. The van der Waals surface area contributed by atoms with Gasteiger partial charge in [-0.1, -0.05) is 36.7 Å². The predicted octanol–water partition coefficient (Wildman–Crippen LogP) is 4.75. The minimum absolute atomic E-state index is 0.106. The number of hydrogen-bond donors (Lipinski definition) is 1. The highest BCUT2D eigenvalue weighted by atomic mass is 35.5. The van der Waals surface area contributed by atoms with Gasteiger partial charge in [-0.05, 0) is 49.4 Å². The van der Waals surface area contributed by atoms with Crippen molar-refractivity contribution in [2.75, 3.05) is 11.9 Å². The molecule has 0 saturated carbocycles. The van der Waals surface area contributed by atoms with Gasteiger partial charge in [0.1, 0.15) is 5.82 Å². The highest BCUT2D eigenvalue weighted by Crippen LogP contribution is 2.23. The van der Waals surface area contributed by atoms with Crippen LogP contribution in [-0.2, 0) is 6.54 Å². The molecule has 4 nitrogen and oxygen atoms in total. The first-order valence-electron chi connectivity index (χ1n) is 8.93. The fourth-order valence-electron chi connectivity index (χ4n) is 3.35. The summed E-state index contributed by atoms with van der Waals surface area (Å²) in [6.07, 6.45) is 6.10. The predicted molar refractivity (Wildman–Crippen MR) is 102 cm³/mol. The van der Waals surface area contributed by atoms with E-state index in [4.69, 9.17) is 11.6 Å². The van der Waals surface area contributed by atoms with Crippen LogP contribution in [0.4, 0.5) is 5.82 Å². The van der Waals surface area contributed by atoms with E-state index in [-0.39, 0.29) is 5.91 Å². The van der Waals surface area contributed by atoms with Gasteiger partial charge < -0.3 is 10.2 Å². The molecule has 3 rings (SSSR count). The molecule has 0 bridgehead atoms. The number of piperidine rings is 1. The Bertz CT molecular complexity index is 734. The maximum Gasteiger partial charge on any atom is 0.254 e. The molecular formula is C20H24ClN3O. The third-order valence-corrected chi connectivity index (χ3v) is 5.15. The zero-order chi connectivity index (χ0) is 17.6. The number of hydrogen-bond acceptors (Lipinski definition) is 3. The van der Waals surface area contributed by atoms with Gasteiger partial charge in [-0.25, -0.2) is 4.98 Å². The maximum atomic E-state index is 12.9. The van der Waals surface area contributed by atoms with Gasteiger partial charge in [0, 0.05) is 35.9 Å². The van der Waals surface area contributed by atoms with Gasteiger partial charge in [-0.3, -0.25) is 4.79 Å². The lowest BCUT2D eigenvalue weighted by molar-refractivity contribution is 0.0608. The Hall–Kier alpha value is -2.07. The number of likely N-dealkylation sites (tertiary alicyclic amines) is 1. The minimum Gasteiger partial charge on any atom is -0.366 e. The number of benzene rings is 1. The lowest BCUT2D eigenvalue weighted by Crippen LogP contribution is -2.43. The summed E-state index contributed by atoms with van der Waals surface area (Å²) in [5.41, 5.74) is 1.70. The molecule has 2 aromatic rings. The average Bonchev–Trinajstić information content (AvgIpc) is 2.67. The van der Waals surface area contributed by atoms with E-state index in [0.717, 1.165) is 36.4 Å². The van der Waals surface area contributed by atoms with Crippen molar-refractivity contribution in [3.05, 3.63) is 58.7 Å². The van der Waals surface area contributed by atoms with Crippen LogP contribution in [0.3, 0.4) is 0 Å². The molecule has 1 aromatic carbocycles. The van der Waals surface area contributed by atoms with Crippen molar-refractivity contribution < 1.29 is 4.79 Å². The molecule has 1 aliphatic rings. The molecule has 1 N–H and O–H groups in total. The largest absolute Gasteiger partial charge is 0.366 e. The first kappa shape index (κ1) is 17.7. The topological polar surface area (TPSA) is 45.2 Å². The molecule has 1 aliphatic heterocycles. The summed E-state index contributed by atoms with van der Waals surface area (Å²) in [7, 11) is 0. The van der Waals surface area contributed by atoms with Crippen molar-refractivity contribution in [1.82, 2.24) is 9.88 Å². The molecule has 2 heterocycles. The minimum atomic E-state index is 0.106. The Kier molecular flexibility index (Phi) is 5.92. The zero-order valence-corrected chi connectivity index (χ0v) is 15.3.